The quantitative estimate of drug-likeness (QED) is 0.330. The second-order valence-corrected chi connectivity index (χ2v) is 8.95. The number of nitrogens with zero attached hydrogens (tertiary/aromatic N) is 2. The Morgan fingerprint density at radius 2 is 1.79 bits per heavy atom. The molecular formula is C24H35N5O5. The molecule has 10 heteroatoms. The number of nitrogens with one attached hydrogen (secondary N) is 2. The molecule has 2 atom stereocenters. The zero-order valence-electron chi connectivity index (χ0n) is 20.5. The predicted octanol–water partition coefficient (Wildman–Crippen LogP) is 2.07. The SMILES string of the molecule is CCCCNC(=O)C(c1ccc(C)cc1)N(CC#N)C(=O)C(CC(N)=O)NC(=O)OC(C)(C)C. The number of hydrogen-bond acceptors (Lipinski definition) is 6. The fourth-order valence-corrected chi connectivity index (χ4v) is 3.13. The van der Waals surface area contributed by atoms with Gasteiger partial charge in [0.05, 0.1) is 12.5 Å². The number of carbonyl (C=O) groups is 4. The number of rotatable bonds is 11. The highest BCUT2D eigenvalue weighted by atomic mass is 16.6. The van der Waals surface area contributed by atoms with Crippen molar-refractivity contribution in [2.24, 2.45) is 5.73 Å². The average Bonchev–Trinajstić information content (AvgIpc) is 2.72. The maximum absolute atomic E-state index is 13.5. The average molecular weight is 474 g/mol. The van der Waals surface area contributed by atoms with Crippen LogP contribution in [0.15, 0.2) is 24.3 Å². The van der Waals surface area contributed by atoms with Crippen molar-refractivity contribution in [3.63, 3.8) is 0 Å². The number of primary amides is 1. The topological polar surface area (TPSA) is 155 Å². The minimum Gasteiger partial charge on any atom is -0.444 e. The molecule has 0 aliphatic rings. The van der Waals surface area contributed by atoms with Gasteiger partial charge in [0.25, 0.3) is 0 Å². The van der Waals surface area contributed by atoms with Crippen LogP contribution in [-0.2, 0) is 19.1 Å². The Hall–Kier alpha value is -3.61. The maximum Gasteiger partial charge on any atom is 0.408 e. The number of benzene rings is 1. The number of carbonyl (C=O) groups excluding carboxylic acids is 4. The third kappa shape index (κ3) is 9.48. The number of unbranched alkanes of at least 4 members (excludes halogenated alkanes) is 1. The zero-order valence-corrected chi connectivity index (χ0v) is 20.5. The first-order valence-corrected chi connectivity index (χ1v) is 11.2. The lowest BCUT2D eigenvalue weighted by molar-refractivity contribution is -0.142. The Bertz CT molecular complexity index is 902. The number of amides is 4. The molecule has 0 heterocycles. The van der Waals surface area contributed by atoms with Crippen LogP contribution >= 0.6 is 0 Å². The van der Waals surface area contributed by atoms with Gasteiger partial charge in [0.15, 0.2) is 0 Å². The molecule has 34 heavy (non-hydrogen) atoms. The molecule has 1 aromatic carbocycles. The van der Waals surface area contributed by atoms with Crippen LogP contribution in [0, 0.1) is 18.3 Å². The summed E-state index contributed by atoms with van der Waals surface area (Å²) in [5.74, 6) is -2.12. The third-order valence-corrected chi connectivity index (χ3v) is 4.70. The van der Waals surface area contributed by atoms with E-state index in [1.807, 2.05) is 19.9 Å². The van der Waals surface area contributed by atoms with Crippen LogP contribution in [0.3, 0.4) is 0 Å². The molecule has 0 saturated carbocycles. The van der Waals surface area contributed by atoms with E-state index < -0.39 is 54.5 Å². The molecule has 10 nitrogen and oxygen atoms in total. The Morgan fingerprint density at radius 3 is 2.29 bits per heavy atom. The lowest BCUT2D eigenvalue weighted by Crippen LogP contribution is -2.54. The van der Waals surface area contributed by atoms with Crippen molar-refractivity contribution in [1.29, 1.82) is 5.26 Å². The highest BCUT2D eigenvalue weighted by Gasteiger charge is 2.36. The fraction of sp³-hybridized carbons (Fsp3) is 0.542. The molecular weight excluding hydrogens is 438 g/mol. The first-order chi connectivity index (χ1) is 15.9. The van der Waals surface area contributed by atoms with Crippen molar-refractivity contribution in [2.75, 3.05) is 13.1 Å². The van der Waals surface area contributed by atoms with E-state index in [2.05, 4.69) is 10.6 Å². The monoisotopic (exact) mass is 473 g/mol. The molecule has 0 radical (unpaired) electrons. The summed E-state index contributed by atoms with van der Waals surface area (Å²) in [6, 6.07) is 6.29. The van der Waals surface area contributed by atoms with Crippen molar-refractivity contribution in [3.8, 4) is 6.07 Å². The Morgan fingerprint density at radius 1 is 1.18 bits per heavy atom. The van der Waals surface area contributed by atoms with Gasteiger partial charge in [0.1, 0.15) is 24.2 Å². The van der Waals surface area contributed by atoms with E-state index in [0.29, 0.717) is 12.1 Å². The first kappa shape index (κ1) is 28.4. The third-order valence-electron chi connectivity index (χ3n) is 4.70. The maximum atomic E-state index is 13.5. The Labute approximate surface area is 200 Å². The van der Waals surface area contributed by atoms with E-state index in [-0.39, 0.29) is 0 Å². The van der Waals surface area contributed by atoms with Crippen LogP contribution in [0.25, 0.3) is 0 Å². The molecule has 0 bridgehead atoms. The summed E-state index contributed by atoms with van der Waals surface area (Å²) >= 11 is 0. The molecule has 1 rings (SSSR count). The summed E-state index contributed by atoms with van der Waals surface area (Å²) in [6.45, 7) is 8.74. The van der Waals surface area contributed by atoms with E-state index in [1.54, 1.807) is 45.0 Å². The second-order valence-electron chi connectivity index (χ2n) is 8.95. The van der Waals surface area contributed by atoms with Crippen molar-refractivity contribution in [3.05, 3.63) is 35.4 Å². The van der Waals surface area contributed by atoms with Crippen molar-refractivity contribution < 1.29 is 23.9 Å². The molecule has 0 aliphatic carbocycles. The summed E-state index contributed by atoms with van der Waals surface area (Å²) in [7, 11) is 0. The molecule has 2 unspecified atom stereocenters. The molecule has 0 spiro atoms. The minimum absolute atomic E-state index is 0.396. The van der Waals surface area contributed by atoms with Gasteiger partial charge in [-0.2, -0.15) is 5.26 Å². The Balaban J connectivity index is 3.37. The van der Waals surface area contributed by atoms with Crippen molar-refractivity contribution in [1.82, 2.24) is 15.5 Å². The zero-order chi connectivity index (χ0) is 25.9. The summed E-state index contributed by atoms with van der Waals surface area (Å²) in [6.07, 6.45) is 0.140. The number of hydrogen-bond donors (Lipinski definition) is 3. The summed E-state index contributed by atoms with van der Waals surface area (Å²) in [4.78, 5) is 51.7. The van der Waals surface area contributed by atoms with E-state index in [1.165, 1.54) is 0 Å². The van der Waals surface area contributed by atoms with Crippen molar-refractivity contribution in [2.45, 2.75) is 71.6 Å². The molecule has 186 valence electrons. The lowest BCUT2D eigenvalue weighted by atomic mass is 10.0. The van der Waals surface area contributed by atoms with Gasteiger partial charge in [-0.3, -0.25) is 14.4 Å². The standard InChI is InChI=1S/C24H35N5O5/c1-6-7-13-27-21(31)20(17-10-8-16(2)9-11-17)29(14-12-25)22(32)18(15-19(26)30)28-23(33)34-24(3,4)5/h8-11,18,20H,6-7,13-15H2,1-5H3,(H2,26,30)(H,27,31)(H,28,33). The smallest absolute Gasteiger partial charge is 0.408 e. The fourth-order valence-electron chi connectivity index (χ4n) is 3.13. The minimum atomic E-state index is -1.42. The number of nitriles is 1. The molecule has 0 fully saturated rings. The van der Waals surface area contributed by atoms with Crippen LogP contribution in [0.5, 0.6) is 0 Å². The van der Waals surface area contributed by atoms with Gasteiger partial charge >= 0.3 is 6.09 Å². The number of alkyl carbamates (subject to hydrolysis) is 1. The van der Waals surface area contributed by atoms with Gasteiger partial charge in [-0.1, -0.05) is 43.2 Å². The molecule has 4 N–H and O–H groups in total. The van der Waals surface area contributed by atoms with Gasteiger partial charge in [0, 0.05) is 6.54 Å². The Kier molecular flexibility index (Phi) is 11.0. The molecule has 0 saturated heterocycles. The summed E-state index contributed by atoms with van der Waals surface area (Å²) in [5.41, 5.74) is 5.89. The normalized spacial score (nSPS) is 12.6. The predicted molar refractivity (Wildman–Crippen MR) is 126 cm³/mol. The van der Waals surface area contributed by atoms with Gasteiger partial charge in [-0.05, 0) is 39.7 Å². The number of nitrogens with two attached hydrogens (primary N) is 1. The molecule has 0 aliphatic heterocycles. The second kappa shape index (κ2) is 13.2. The molecule has 1 aromatic rings. The summed E-state index contributed by atoms with van der Waals surface area (Å²) < 4.78 is 5.19. The van der Waals surface area contributed by atoms with Crippen molar-refractivity contribution >= 4 is 23.8 Å². The van der Waals surface area contributed by atoms with Crippen LogP contribution in [-0.4, -0.2) is 53.4 Å². The van der Waals surface area contributed by atoms with Crippen LogP contribution < -0.4 is 16.4 Å². The van der Waals surface area contributed by atoms with Gasteiger partial charge < -0.3 is 26.0 Å². The summed E-state index contributed by atoms with van der Waals surface area (Å²) in [5, 5.41) is 14.6. The number of ether oxygens (including phenoxy) is 1. The van der Waals surface area contributed by atoms with Crippen LogP contribution in [0.2, 0.25) is 0 Å². The van der Waals surface area contributed by atoms with Gasteiger partial charge in [0.2, 0.25) is 17.7 Å². The molecule has 4 amide bonds. The van der Waals surface area contributed by atoms with E-state index in [4.69, 9.17) is 10.5 Å². The highest BCUT2D eigenvalue weighted by Crippen LogP contribution is 2.23. The number of aryl methyl sites for hydroxylation is 1. The van der Waals surface area contributed by atoms with E-state index in [0.717, 1.165) is 23.3 Å². The van der Waals surface area contributed by atoms with E-state index in [9.17, 15) is 24.4 Å². The van der Waals surface area contributed by atoms with Crippen LogP contribution in [0.1, 0.15) is 64.1 Å². The molecule has 0 aromatic heterocycles. The van der Waals surface area contributed by atoms with Gasteiger partial charge in [-0.15, -0.1) is 0 Å². The van der Waals surface area contributed by atoms with Crippen LogP contribution in [0.4, 0.5) is 4.79 Å². The lowest BCUT2D eigenvalue weighted by Gasteiger charge is -2.32. The van der Waals surface area contributed by atoms with E-state index >= 15 is 0 Å². The highest BCUT2D eigenvalue weighted by molar-refractivity contribution is 5.94. The largest absolute Gasteiger partial charge is 0.444 e. The van der Waals surface area contributed by atoms with Gasteiger partial charge in [-0.25, -0.2) is 4.79 Å². The first-order valence-electron chi connectivity index (χ1n) is 11.2.